The molecule has 1 aromatic heterocycles. The fourth-order valence-electron chi connectivity index (χ4n) is 4.68. The van der Waals surface area contributed by atoms with Crippen molar-refractivity contribution in [1.29, 1.82) is 0 Å². The van der Waals surface area contributed by atoms with E-state index in [1.54, 1.807) is 30.3 Å². The molecular formula is C22H23ClIN3O5S. The number of carbonyl (C=O) groups is 1. The summed E-state index contributed by atoms with van der Waals surface area (Å²) in [6.07, 6.45) is 2.27. The fraction of sp³-hybridized carbons (Fsp3) is 0.455. The number of nitrogens with zero attached hydrogens (tertiary/aromatic N) is 2. The lowest BCUT2D eigenvalue weighted by atomic mass is 10.00. The van der Waals surface area contributed by atoms with Crippen LogP contribution in [0.4, 0.5) is 5.82 Å². The highest BCUT2D eigenvalue weighted by atomic mass is 127. The average Bonchev–Trinajstić information content (AvgIpc) is 3.30. The number of aliphatic hydroxyl groups is 1. The number of aliphatic hydroxyl groups excluding tert-OH is 1. The van der Waals surface area contributed by atoms with E-state index in [0.717, 1.165) is 23.0 Å². The Balaban J connectivity index is 1.31. The third kappa shape index (κ3) is 4.54. The highest BCUT2D eigenvalue weighted by Crippen LogP contribution is 2.43. The van der Waals surface area contributed by atoms with Crippen molar-refractivity contribution in [3.63, 3.8) is 0 Å². The van der Waals surface area contributed by atoms with Crippen LogP contribution in [0.15, 0.2) is 41.4 Å². The number of hydrogen-bond acceptors (Lipinski definition) is 7. The molecule has 2 aromatic rings. The van der Waals surface area contributed by atoms with Crippen LogP contribution in [-0.4, -0.2) is 49.2 Å². The molecule has 2 saturated carbocycles. The van der Waals surface area contributed by atoms with Crippen molar-refractivity contribution in [3.8, 4) is 5.75 Å². The monoisotopic (exact) mass is 603 g/mol. The number of nitrogens with one attached hydrogen (secondary N) is 1. The van der Waals surface area contributed by atoms with Gasteiger partial charge >= 0.3 is 0 Å². The molecule has 3 fully saturated rings. The van der Waals surface area contributed by atoms with Gasteiger partial charge in [-0.05, 0) is 71.7 Å². The summed E-state index contributed by atoms with van der Waals surface area (Å²) in [5.74, 6) is 0.827. The van der Waals surface area contributed by atoms with Crippen LogP contribution < -0.4 is 14.4 Å². The Morgan fingerprint density at radius 1 is 1.24 bits per heavy atom. The first kappa shape index (κ1) is 23.1. The Morgan fingerprint density at radius 3 is 2.76 bits per heavy atom. The molecule has 176 valence electrons. The minimum atomic E-state index is -4.19. The molecule has 1 aromatic carbocycles. The van der Waals surface area contributed by atoms with Crippen molar-refractivity contribution < 1.29 is 23.1 Å². The lowest BCUT2D eigenvalue weighted by molar-refractivity contribution is -0.128. The molecule has 0 bridgehead atoms. The SMILES string of the molecule is O=C(NS(=O)(=O)c1cccc(N2C[C@H]3CC[C@@H](O)[C@H]3C2)n1)C1(Oc2cc(Cl)ccc2I)CC1. The first-order chi connectivity index (χ1) is 15.7. The van der Waals surface area contributed by atoms with Crippen LogP contribution >= 0.6 is 34.2 Å². The molecule has 11 heteroatoms. The molecule has 1 saturated heterocycles. The van der Waals surface area contributed by atoms with Crippen LogP contribution in [-0.2, 0) is 14.8 Å². The van der Waals surface area contributed by atoms with Gasteiger partial charge in [-0.25, -0.2) is 9.71 Å². The number of carbonyl (C=O) groups excluding carboxylic acids is 1. The van der Waals surface area contributed by atoms with Crippen LogP contribution in [0.25, 0.3) is 0 Å². The van der Waals surface area contributed by atoms with Gasteiger partial charge in [-0.15, -0.1) is 0 Å². The first-order valence-corrected chi connectivity index (χ1v) is 13.7. The predicted octanol–water partition coefficient (Wildman–Crippen LogP) is 2.96. The second-order valence-corrected chi connectivity index (χ2v) is 12.1. The molecule has 2 aliphatic carbocycles. The van der Waals surface area contributed by atoms with Gasteiger partial charge in [0.05, 0.1) is 9.67 Å². The van der Waals surface area contributed by atoms with Crippen LogP contribution in [0.3, 0.4) is 0 Å². The fourth-order valence-corrected chi connectivity index (χ4v) is 6.29. The number of aromatic nitrogens is 1. The molecule has 8 nitrogen and oxygen atoms in total. The highest BCUT2D eigenvalue weighted by Gasteiger charge is 2.54. The number of fused-ring (bicyclic) bond motifs is 1. The van der Waals surface area contributed by atoms with Gasteiger partial charge in [-0.2, -0.15) is 8.42 Å². The van der Waals surface area contributed by atoms with Gasteiger partial charge in [0, 0.05) is 36.9 Å². The van der Waals surface area contributed by atoms with Gasteiger partial charge in [0.15, 0.2) is 10.6 Å². The van der Waals surface area contributed by atoms with Crippen molar-refractivity contribution in [2.45, 2.75) is 42.4 Å². The molecule has 33 heavy (non-hydrogen) atoms. The molecule has 0 unspecified atom stereocenters. The van der Waals surface area contributed by atoms with Crippen molar-refractivity contribution in [3.05, 3.63) is 45.0 Å². The zero-order valence-corrected chi connectivity index (χ0v) is 21.3. The Morgan fingerprint density at radius 2 is 2.03 bits per heavy atom. The van der Waals surface area contributed by atoms with Crippen LogP contribution in [0.5, 0.6) is 5.75 Å². The van der Waals surface area contributed by atoms with Gasteiger partial charge in [0.25, 0.3) is 15.9 Å². The smallest absolute Gasteiger partial charge is 0.281 e. The second kappa shape index (κ2) is 8.54. The zero-order valence-electron chi connectivity index (χ0n) is 17.6. The number of ether oxygens (including phenoxy) is 1. The molecule has 3 atom stereocenters. The van der Waals surface area contributed by atoms with E-state index in [1.165, 1.54) is 6.07 Å². The van der Waals surface area contributed by atoms with E-state index in [9.17, 15) is 18.3 Å². The molecule has 0 radical (unpaired) electrons. The number of anilines is 1. The van der Waals surface area contributed by atoms with E-state index in [2.05, 4.69) is 32.3 Å². The van der Waals surface area contributed by atoms with Crippen LogP contribution in [0.2, 0.25) is 5.02 Å². The van der Waals surface area contributed by atoms with E-state index < -0.39 is 21.5 Å². The van der Waals surface area contributed by atoms with E-state index in [1.807, 2.05) is 4.90 Å². The third-order valence-corrected chi connectivity index (χ3v) is 9.03. The van der Waals surface area contributed by atoms with Crippen molar-refractivity contribution in [1.82, 2.24) is 9.71 Å². The second-order valence-electron chi connectivity index (χ2n) is 8.91. The summed E-state index contributed by atoms with van der Waals surface area (Å²) in [7, 11) is -4.19. The summed E-state index contributed by atoms with van der Waals surface area (Å²) in [5.41, 5.74) is -1.24. The number of hydrogen-bond donors (Lipinski definition) is 2. The Bertz CT molecular complexity index is 1210. The number of halogens is 2. The van der Waals surface area contributed by atoms with Gasteiger partial charge < -0.3 is 14.7 Å². The molecule has 1 aliphatic heterocycles. The van der Waals surface area contributed by atoms with E-state index >= 15 is 0 Å². The lowest BCUT2D eigenvalue weighted by Crippen LogP contribution is -2.43. The predicted molar refractivity (Wildman–Crippen MR) is 131 cm³/mol. The molecule has 0 spiro atoms. The maximum Gasteiger partial charge on any atom is 0.281 e. The summed E-state index contributed by atoms with van der Waals surface area (Å²) in [4.78, 5) is 19.2. The largest absolute Gasteiger partial charge is 0.476 e. The summed E-state index contributed by atoms with van der Waals surface area (Å²) in [6, 6.07) is 9.82. The minimum Gasteiger partial charge on any atom is -0.476 e. The van der Waals surface area contributed by atoms with Gasteiger partial charge in [0.2, 0.25) is 0 Å². The number of amides is 1. The number of benzene rings is 1. The maximum absolute atomic E-state index is 13.0. The topological polar surface area (TPSA) is 109 Å². The average molecular weight is 604 g/mol. The molecule has 3 aliphatic rings. The third-order valence-electron chi connectivity index (χ3n) is 6.67. The Kier molecular flexibility index (Phi) is 5.99. The minimum absolute atomic E-state index is 0.188. The molecule has 2 N–H and O–H groups in total. The normalized spacial score (nSPS) is 25.5. The maximum atomic E-state index is 13.0. The number of pyridine rings is 1. The highest BCUT2D eigenvalue weighted by molar-refractivity contribution is 14.1. The zero-order chi connectivity index (χ0) is 23.4. The summed E-state index contributed by atoms with van der Waals surface area (Å²) >= 11 is 8.11. The summed E-state index contributed by atoms with van der Waals surface area (Å²) in [6.45, 7) is 1.38. The van der Waals surface area contributed by atoms with Crippen molar-refractivity contribution >= 4 is 55.9 Å². The van der Waals surface area contributed by atoms with Crippen molar-refractivity contribution in [2.75, 3.05) is 18.0 Å². The number of sulfonamides is 1. The van der Waals surface area contributed by atoms with E-state index in [4.69, 9.17) is 16.3 Å². The Hall–Kier alpha value is -1.63. The molecular weight excluding hydrogens is 581 g/mol. The summed E-state index contributed by atoms with van der Waals surface area (Å²) in [5, 5.41) is 10.4. The standard InChI is InChI=1S/C22H23ClIN3O5S/c23-14-5-6-16(24)18(10-14)32-22(8-9-22)21(29)26-33(30,31)20-3-1-2-19(25-20)27-11-13-4-7-17(28)15(13)12-27/h1-3,5-6,10,13,15,17,28H,4,7-9,11-12H2,(H,26,29)/t13-,15+,17-/m1/s1. The molecule has 5 rings (SSSR count). The van der Waals surface area contributed by atoms with E-state index in [0.29, 0.717) is 41.9 Å². The van der Waals surface area contributed by atoms with Gasteiger partial charge in [0.1, 0.15) is 11.6 Å². The van der Waals surface area contributed by atoms with Gasteiger partial charge in [-0.1, -0.05) is 17.7 Å². The van der Waals surface area contributed by atoms with Crippen molar-refractivity contribution in [2.24, 2.45) is 11.8 Å². The molecule has 1 amide bonds. The van der Waals surface area contributed by atoms with E-state index in [-0.39, 0.29) is 17.0 Å². The number of rotatable bonds is 6. The van der Waals surface area contributed by atoms with Crippen LogP contribution in [0.1, 0.15) is 25.7 Å². The first-order valence-electron chi connectivity index (χ1n) is 10.8. The lowest BCUT2D eigenvalue weighted by Gasteiger charge is -2.21. The molecule has 2 heterocycles. The van der Waals surface area contributed by atoms with Gasteiger partial charge in [-0.3, -0.25) is 4.79 Å². The Labute approximate surface area is 210 Å². The summed E-state index contributed by atoms with van der Waals surface area (Å²) < 4.78 is 34.8. The van der Waals surface area contributed by atoms with Crippen LogP contribution in [0, 0.1) is 15.4 Å². The quantitative estimate of drug-likeness (QED) is 0.489.